The summed E-state index contributed by atoms with van der Waals surface area (Å²) in [6, 6.07) is 0. The van der Waals surface area contributed by atoms with Crippen molar-refractivity contribution in [1.29, 1.82) is 0 Å². The van der Waals surface area contributed by atoms with Crippen LogP contribution in [0.4, 0.5) is 0 Å². The normalized spacial score (nSPS) is 21.3. The quantitative estimate of drug-likeness (QED) is 0.753. The number of carbonyl (C=O) groups is 1. The van der Waals surface area contributed by atoms with Gasteiger partial charge in [-0.15, -0.1) is 23.5 Å². The summed E-state index contributed by atoms with van der Waals surface area (Å²) < 4.78 is 0.392. The zero-order valence-electron chi connectivity index (χ0n) is 7.31. The Hall–Kier alpha value is 0.130. The van der Waals surface area contributed by atoms with Gasteiger partial charge in [0, 0.05) is 0 Å². The number of thioether (sulfide) groups is 2. The summed E-state index contributed by atoms with van der Waals surface area (Å²) in [7, 11) is 0. The van der Waals surface area contributed by atoms with Crippen molar-refractivity contribution in [2.24, 2.45) is 0 Å². The number of aliphatic hydroxyl groups is 1. The average molecular weight is 222 g/mol. The number of hydrogen-bond acceptors (Lipinski definition) is 4. The van der Waals surface area contributed by atoms with E-state index < -0.39 is 12.1 Å². The average Bonchev–Trinajstić information content (AvgIpc) is 2.04. The summed E-state index contributed by atoms with van der Waals surface area (Å²) in [4.78, 5) is 10.3. The predicted molar refractivity (Wildman–Crippen MR) is 56.2 cm³/mol. The van der Waals surface area contributed by atoms with E-state index in [0.717, 1.165) is 11.5 Å². The molecule has 1 unspecified atom stereocenters. The first kappa shape index (κ1) is 11.2. The van der Waals surface area contributed by atoms with Crippen LogP contribution in [0.3, 0.4) is 0 Å². The van der Waals surface area contributed by atoms with E-state index in [4.69, 9.17) is 5.11 Å². The molecule has 1 aliphatic rings. The van der Waals surface area contributed by atoms with E-state index in [2.05, 4.69) is 0 Å². The second-order valence-corrected chi connectivity index (χ2v) is 5.93. The fourth-order valence-corrected chi connectivity index (χ4v) is 4.19. The number of aliphatic carboxylic acids is 1. The van der Waals surface area contributed by atoms with Crippen molar-refractivity contribution in [2.75, 3.05) is 11.5 Å². The van der Waals surface area contributed by atoms with Gasteiger partial charge in [0.25, 0.3) is 0 Å². The van der Waals surface area contributed by atoms with Crippen LogP contribution in [0.1, 0.15) is 19.3 Å². The summed E-state index contributed by atoms with van der Waals surface area (Å²) in [5, 5.41) is 17.8. The van der Waals surface area contributed by atoms with Crippen LogP contribution in [0.25, 0.3) is 0 Å². The fraction of sp³-hybridized carbons (Fsp3) is 0.875. The van der Waals surface area contributed by atoms with E-state index in [1.54, 1.807) is 0 Å². The molecule has 0 spiro atoms. The first-order valence-electron chi connectivity index (χ1n) is 4.31. The molecule has 0 saturated carbocycles. The maximum atomic E-state index is 10.3. The molecule has 1 saturated heterocycles. The Morgan fingerprint density at radius 1 is 1.46 bits per heavy atom. The Morgan fingerprint density at radius 3 is 2.62 bits per heavy atom. The van der Waals surface area contributed by atoms with Gasteiger partial charge in [0.1, 0.15) is 0 Å². The molecule has 0 aromatic heterocycles. The van der Waals surface area contributed by atoms with Gasteiger partial charge >= 0.3 is 5.97 Å². The van der Waals surface area contributed by atoms with Crippen LogP contribution in [0.2, 0.25) is 0 Å². The molecule has 1 rings (SSSR count). The lowest BCUT2D eigenvalue weighted by atomic mass is 10.2. The molecule has 5 heteroatoms. The summed E-state index contributed by atoms with van der Waals surface area (Å²) in [5.41, 5.74) is 0. The fourth-order valence-electron chi connectivity index (χ4n) is 1.18. The van der Waals surface area contributed by atoms with Crippen LogP contribution in [0.15, 0.2) is 0 Å². The summed E-state index contributed by atoms with van der Waals surface area (Å²) in [6.07, 6.45) is 1.01. The molecule has 0 aliphatic carbocycles. The van der Waals surface area contributed by atoms with Gasteiger partial charge in [-0.2, -0.15) is 0 Å². The monoisotopic (exact) mass is 222 g/mol. The number of aliphatic hydroxyl groups excluding tert-OH is 1. The van der Waals surface area contributed by atoms with E-state index in [0.29, 0.717) is 11.0 Å². The largest absolute Gasteiger partial charge is 0.481 e. The molecule has 76 valence electrons. The third kappa shape index (κ3) is 4.78. The lowest BCUT2D eigenvalue weighted by molar-refractivity contribution is -0.139. The highest BCUT2D eigenvalue weighted by molar-refractivity contribution is 8.17. The molecule has 2 N–H and O–H groups in total. The number of rotatable bonds is 4. The molecule has 13 heavy (non-hydrogen) atoms. The number of hydrogen-bond donors (Lipinski definition) is 2. The van der Waals surface area contributed by atoms with Crippen molar-refractivity contribution in [1.82, 2.24) is 0 Å². The molecule has 0 bridgehead atoms. The van der Waals surface area contributed by atoms with Gasteiger partial charge in [-0.3, -0.25) is 4.79 Å². The third-order valence-corrected chi connectivity index (χ3v) is 4.76. The third-order valence-electron chi connectivity index (χ3n) is 1.77. The topological polar surface area (TPSA) is 57.5 Å². The minimum atomic E-state index is -0.918. The van der Waals surface area contributed by atoms with Crippen molar-refractivity contribution in [3.05, 3.63) is 0 Å². The van der Waals surface area contributed by atoms with Crippen molar-refractivity contribution in [2.45, 2.75) is 29.9 Å². The zero-order valence-corrected chi connectivity index (χ0v) is 8.94. The van der Waals surface area contributed by atoms with E-state index >= 15 is 0 Å². The molecule has 1 atom stereocenters. The highest BCUT2D eigenvalue weighted by atomic mass is 32.2. The van der Waals surface area contributed by atoms with Gasteiger partial charge < -0.3 is 10.2 Å². The highest BCUT2D eigenvalue weighted by Gasteiger charge is 2.19. The van der Waals surface area contributed by atoms with Gasteiger partial charge in [0.05, 0.1) is 17.1 Å². The Bertz CT molecular complexity index is 169. The van der Waals surface area contributed by atoms with Crippen molar-refractivity contribution in [3.8, 4) is 0 Å². The molecule has 3 nitrogen and oxygen atoms in total. The standard InChI is InChI=1S/C8H14O3S2/c9-6(4-7(10)11)5-8-12-2-1-3-13-8/h6,8-9H,1-5H2,(H,10,11). The van der Waals surface area contributed by atoms with Crippen LogP contribution < -0.4 is 0 Å². The Balaban J connectivity index is 2.18. The smallest absolute Gasteiger partial charge is 0.305 e. The molecule has 1 heterocycles. The van der Waals surface area contributed by atoms with Crippen LogP contribution in [0, 0.1) is 0 Å². The summed E-state index contributed by atoms with van der Waals surface area (Å²) in [6.45, 7) is 0. The maximum absolute atomic E-state index is 10.3. The van der Waals surface area contributed by atoms with Gasteiger partial charge in [-0.05, 0) is 24.3 Å². The maximum Gasteiger partial charge on any atom is 0.305 e. The molecule has 0 aromatic rings. The Labute approximate surface area is 86.3 Å². The van der Waals surface area contributed by atoms with Gasteiger partial charge in [-0.1, -0.05) is 0 Å². The molecule has 0 aromatic carbocycles. The number of carboxylic acid groups (broad SMARTS) is 1. The lowest BCUT2D eigenvalue weighted by Gasteiger charge is -2.22. The Morgan fingerprint density at radius 2 is 2.08 bits per heavy atom. The second kappa shape index (κ2) is 5.78. The van der Waals surface area contributed by atoms with Crippen LogP contribution in [0.5, 0.6) is 0 Å². The minimum Gasteiger partial charge on any atom is -0.481 e. The van der Waals surface area contributed by atoms with Gasteiger partial charge in [0.2, 0.25) is 0 Å². The molecular weight excluding hydrogens is 208 g/mol. The molecule has 1 fully saturated rings. The van der Waals surface area contributed by atoms with Crippen LogP contribution in [-0.2, 0) is 4.79 Å². The lowest BCUT2D eigenvalue weighted by Crippen LogP contribution is -2.19. The van der Waals surface area contributed by atoms with E-state index in [1.807, 2.05) is 23.5 Å². The van der Waals surface area contributed by atoms with Crippen molar-refractivity contribution in [3.63, 3.8) is 0 Å². The van der Waals surface area contributed by atoms with Gasteiger partial charge in [0.15, 0.2) is 0 Å². The number of carboxylic acids is 1. The molecule has 0 amide bonds. The van der Waals surface area contributed by atoms with E-state index in [1.165, 1.54) is 6.42 Å². The first-order valence-corrected chi connectivity index (χ1v) is 6.41. The first-order chi connectivity index (χ1) is 6.18. The molecule has 1 aliphatic heterocycles. The predicted octanol–water partition coefficient (Wildman–Crippen LogP) is 1.41. The van der Waals surface area contributed by atoms with E-state index in [-0.39, 0.29) is 6.42 Å². The SMILES string of the molecule is O=C(O)CC(O)CC1SCCCS1. The highest BCUT2D eigenvalue weighted by Crippen LogP contribution is 2.33. The minimum absolute atomic E-state index is 0.127. The summed E-state index contributed by atoms with van der Waals surface area (Å²) >= 11 is 3.66. The van der Waals surface area contributed by atoms with Crippen LogP contribution in [-0.4, -0.2) is 38.4 Å². The second-order valence-electron chi connectivity index (χ2n) is 3.01. The summed E-state index contributed by atoms with van der Waals surface area (Å²) in [5.74, 6) is 1.35. The van der Waals surface area contributed by atoms with Crippen molar-refractivity contribution < 1.29 is 15.0 Å². The Kier molecular flexibility index (Phi) is 4.98. The van der Waals surface area contributed by atoms with E-state index in [9.17, 15) is 9.90 Å². The molecular formula is C8H14O3S2. The molecule has 0 radical (unpaired) electrons. The van der Waals surface area contributed by atoms with Gasteiger partial charge in [-0.25, -0.2) is 0 Å². The van der Waals surface area contributed by atoms with Crippen LogP contribution >= 0.6 is 23.5 Å². The zero-order chi connectivity index (χ0) is 9.68. The van der Waals surface area contributed by atoms with Crippen molar-refractivity contribution >= 4 is 29.5 Å².